The summed E-state index contributed by atoms with van der Waals surface area (Å²) in [7, 11) is 3.92. The molecular formula is C18H19BrN2O2. The van der Waals surface area contributed by atoms with Crippen LogP contribution in [-0.2, 0) is 4.79 Å². The van der Waals surface area contributed by atoms with Crippen LogP contribution < -0.4 is 10.2 Å². The van der Waals surface area contributed by atoms with Crippen LogP contribution in [0.2, 0.25) is 0 Å². The predicted octanol–water partition coefficient (Wildman–Crippen LogP) is 4.36. The molecule has 0 aliphatic heterocycles. The summed E-state index contributed by atoms with van der Waals surface area (Å²) in [6.45, 7) is 1.89. The summed E-state index contributed by atoms with van der Waals surface area (Å²) >= 11 is 3.44. The molecule has 0 fully saturated rings. The van der Waals surface area contributed by atoms with Crippen LogP contribution in [0.25, 0.3) is 5.57 Å². The Morgan fingerprint density at radius 3 is 2.57 bits per heavy atom. The molecule has 0 saturated carbocycles. The second-order valence-corrected chi connectivity index (χ2v) is 6.22. The first kappa shape index (κ1) is 17.1. The Balaban J connectivity index is 2.35. The van der Waals surface area contributed by atoms with Crippen molar-refractivity contribution in [1.82, 2.24) is 0 Å². The van der Waals surface area contributed by atoms with E-state index in [1.165, 1.54) is 6.20 Å². The van der Waals surface area contributed by atoms with Gasteiger partial charge in [0.05, 0.1) is 5.57 Å². The van der Waals surface area contributed by atoms with Gasteiger partial charge in [-0.15, -0.1) is 0 Å². The third-order valence-corrected chi connectivity index (χ3v) is 4.39. The number of halogens is 1. The summed E-state index contributed by atoms with van der Waals surface area (Å²) in [5, 5.41) is 12.6. The van der Waals surface area contributed by atoms with Crippen molar-refractivity contribution in [3.8, 4) is 0 Å². The van der Waals surface area contributed by atoms with E-state index >= 15 is 0 Å². The molecule has 0 unspecified atom stereocenters. The molecule has 23 heavy (non-hydrogen) atoms. The van der Waals surface area contributed by atoms with Crippen LogP contribution in [0.3, 0.4) is 0 Å². The fourth-order valence-corrected chi connectivity index (χ4v) is 2.55. The van der Waals surface area contributed by atoms with E-state index in [1.807, 2.05) is 62.3 Å². The largest absolute Gasteiger partial charge is 0.478 e. The lowest BCUT2D eigenvalue weighted by molar-refractivity contribution is -0.130. The Morgan fingerprint density at radius 2 is 1.91 bits per heavy atom. The lowest BCUT2D eigenvalue weighted by atomic mass is 10.0. The fourth-order valence-electron chi connectivity index (χ4n) is 2.18. The number of hydrogen-bond donors (Lipinski definition) is 2. The summed E-state index contributed by atoms with van der Waals surface area (Å²) in [6, 6.07) is 13.3. The predicted molar refractivity (Wildman–Crippen MR) is 98.9 cm³/mol. The number of anilines is 2. The summed E-state index contributed by atoms with van der Waals surface area (Å²) < 4.78 is 0.886. The Kier molecular flexibility index (Phi) is 5.45. The van der Waals surface area contributed by atoms with Gasteiger partial charge in [-0.3, -0.25) is 0 Å². The topological polar surface area (TPSA) is 52.6 Å². The molecule has 4 nitrogen and oxygen atoms in total. The van der Waals surface area contributed by atoms with Crippen molar-refractivity contribution in [1.29, 1.82) is 0 Å². The summed E-state index contributed by atoms with van der Waals surface area (Å²) in [5.41, 5.74) is 3.67. The fraction of sp³-hybridized carbons (Fsp3) is 0.167. The number of benzene rings is 2. The van der Waals surface area contributed by atoms with E-state index in [0.29, 0.717) is 5.56 Å². The molecule has 0 saturated heterocycles. The molecule has 2 aromatic carbocycles. The first-order valence-corrected chi connectivity index (χ1v) is 7.92. The molecule has 0 aliphatic carbocycles. The number of aliphatic carboxylic acids is 1. The Bertz CT molecular complexity index is 754. The van der Waals surface area contributed by atoms with E-state index < -0.39 is 5.97 Å². The number of carboxylic acids is 1. The lowest BCUT2D eigenvalue weighted by Gasteiger charge is -2.14. The maximum atomic E-state index is 11.6. The van der Waals surface area contributed by atoms with E-state index in [-0.39, 0.29) is 5.57 Å². The highest BCUT2D eigenvalue weighted by atomic mass is 79.9. The summed E-state index contributed by atoms with van der Waals surface area (Å²) in [5.74, 6) is -0.970. The first-order valence-electron chi connectivity index (χ1n) is 7.13. The molecule has 0 amide bonds. The minimum Gasteiger partial charge on any atom is -0.478 e. The highest BCUT2D eigenvalue weighted by Gasteiger charge is 2.14. The van der Waals surface area contributed by atoms with Gasteiger partial charge < -0.3 is 15.3 Å². The molecule has 2 N–H and O–H groups in total. The van der Waals surface area contributed by atoms with E-state index in [0.717, 1.165) is 21.4 Å². The zero-order valence-electron chi connectivity index (χ0n) is 13.3. The van der Waals surface area contributed by atoms with E-state index in [9.17, 15) is 9.90 Å². The molecular weight excluding hydrogens is 356 g/mol. The Labute approximate surface area is 144 Å². The standard InChI is InChI=1S/C18H19BrN2O2/c1-12-15(8-5-9-17(12)19)16(18(22)23)11-20-13-6-4-7-14(10-13)21(2)3/h4-11,20H,1-3H3,(H,22,23). The third kappa shape index (κ3) is 4.13. The van der Waals surface area contributed by atoms with Gasteiger partial charge in [-0.05, 0) is 42.3 Å². The molecule has 0 aliphatic rings. The van der Waals surface area contributed by atoms with Crippen molar-refractivity contribution >= 4 is 38.8 Å². The van der Waals surface area contributed by atoms with Crippen molar-refractivity contribution in [2.75, 3.05) is 24.3 Å². The second-order valence-electron chi connectivity index (χ2n) is 5.36. The van der Waals surface area contributed by atoms with Crippen molar-refractivity contribution in [3.63, 3.8) is 0 Å². The monoisotopic (exact) mass is 374 g/mol. The quantitative estimate of drug-likeness (QED) is 0.763. The number of nitrogens with one attached hydrogen (secondary N) is 1. The number of carbonyl (C=O) groups is 1. The number of carboxylic acid groups (broad SMARTS) is 1. The minimum atomic E-state index is -0.970. The summed E-state index contributed by atoms with van der Waals surface area (Å²) in [4.78, 5) is 13.6. The zero-order chi connectivity index (χ0) is 17.0. The van der Waals surface area contributed by atoms with Crippen molar-refractivity contribution < 1.29 is 9.90 Å². The molecule has 0 radical (unpaired) electrons. The molecule has 0 aromatic heterocycles. The maximum absolute atomic E-state index is 11.6. The molecule has 0 atom stereocenters. The summed E-state index contributed by atoms with van der Waals surface area (Å²) in [6.07, 6.45) is 1.53. The van der Waals surface area contributed by atoms with Crippen LogP contribution in [0.1, 0.15) is 11.1 Å². The van der Waals surface area contributed by atoms with Gasteiger partial charge in [-0.25, -0.2) is 4.79 Å². The van der Waals surface area contributed by atoms with E-state index in [2.05, 4.69) is 21.2 Å². The first-order chi connectivity index (χ1) is 10.9. The Morgan fingerprint density at radius 1 is 1.22 bits per heavy atom. The smallest absolute Gasteiger partial charge is 0.337 e. The second kappa shape index (κ2) is 7.33. The SMILES string of the molecule is Cc1c(Br)cccc1C(=CNc1cccc(N(C)C)c1)C(=O)O. The van der Waals surface area contributed by atoms with Gasteiger partial charge in [0.2, 0.25) is 0 Å². The molecule has 5 heteroatoms. The maximum Gasteiger partial charge on any atom is 0.337 e. The van der Waals surface area contributed by atoms with Gasteiger partial charge in [-0.2, -0.15) is 0 Å². The highest BCUT2D eigenvalue weighted by Crippen LogP contribution is 2.26. The van der Waals surface area contributed by atoms with Gasteiger partial charge in [-0.1, -0.05) is 34.1 Å². The van der Waals surface area contributed by atoms with Crippen LogP contribution in [0.5, 0.6) is 0 Å². The molecule has 0 spiro atoms. The molecule has 120 valence electrons. The third-order valence-electron chi connectivity index (χ3n) is 3.53. The van der Waals surface area contributed by atoms with Crippen LogP contribution in [0, 0.1) is 6.92 Å². The van der Waals surface area contributed by atoms with Crippen molar-refractivity contribution in [2.45, 2.75) is 6.92 Å². The highest BCUT2D eigenvalue weighted by molar-refractivity contribution is 9.10. The Hall–Kier alpha value is -2.27. The lowest BCUT2D eigenvalue weighted by Crippen LogP contribution is -2.08. The zero-order valence-corrected chi connectivity index (χ0v) is 14.9. The average Bonchev–Trinajstić information content (AvgIpc) is 2.51. The molecule has 2 aromatic rings. The van der Waals surface area contributed by atoms with Gasteiger partial charge in [0.15, 0.2) is 0 Å². The van der Waals surface area contributed by atoms with Crippen LogP contribution in [0.15, 0.2) is 53.1 Å². The van der Waals surface area contributed by atoms with Gasteiger partial charge in [0.25, 0.3) is 0 Å². The van der Waals surface area contributed by atoms with Gasteiger partial charge in [0.1, 0.15) is 0 Å². The van der Waals surface area contributed by atoms with Crippen LogP contribution in [0.4, 0.5) is 11.4 Å². The normalized spacial score (nSPS) is 11.2. The van der Waals surface area contributed by atoms with Gasteiger partial charge in [0, 0.05) is 36.1 Å². The number of hydrogen-bond acceptors (Lipinski definition) is 3. The van der Waals surface area contributed by atoms with Crippen molar-refractivity contribution in [3.05, 3.63) is 64.3 Å². The van der Waals surface area contributed by atoms with Crippen LogP contribution >= 0.6 is 15.9 Å². The van der Waals surface area contributed by atoms with Gasteiger partial charge >= 0.3 is 5.97 Å². The van der Waals surface area contributed by atoms with Crippen LogP contribution in [-0.4, -0.2) is 25.2 Å². The van der Waals surface area contributed by atoms with Crippen molar-refractivity contribution in [2.24, 2.45) is 0 Å². The molecule has 2 rings (SSSR count). The average molecular weight is 375 g/mol. The number of rotatable bonds is 5. The number of nitrogens with zero attached hydrogens (tertiary/aromatic N) is 1. The molecule has 0 bridgehead atoms. The minimum absolute atomic E-state index is 0.221. The van der Waals surface area contributed by atoms with E-state index in [4.69, 9.17) is 0 Å². The van der Waals surface area contributed by atoms with E-state index in [1.54, 1.807) is 6.07 Å². The molecule has 0 heterocycles.